The summed E-state index contributed by atoms with van der Waals surface area (Å²) >= 11 is 12.1. The van der Waals surface area contributed by atoms with E-state index in [9.17, 15) is 4.79 Å². The van der Waals surface area contributed by atoms with Gasteiger partial charge in [0.1, 0.15) is 11.5 Å². The molecule has 0 fully saturated rings. The van der Waals surface area contributed by atoms with Gasteiger partial charge in [0.15, 0.2) is 5.78 Å². The van der Waals surface area contributed by atoms with Crippen molar-refractivity contribution in [2.24, 2.45) is 0 Å². The second kappa shape index (κ2) is 8.37. The smallest absolute Gasteiger partial charge is 0.277 e. The van der Waals surface area contributed by atoms with E-state index in [1.54, 1.807) is 36.4 Å². The molecular formula is C17H18Cl2O2Si. The zero-order chi connectivity index (χ0) is 15.9. The van der Waals surface area contributed by atoms with Crippen molar-refractivity contribution in [3.8, 4) is 5.75 Å². The van der Waals surface area contributed by atoms with Gasteiger partial charge >= 0.3 is 0 Å². The molecule has 2 aromatic rings. The van der Waals surface area contributed by atoms with Crippen LogP contribution in [0.4, 0.5) is 0 Å². The Morgan fingerprint density at radius 1 is 1.05 bits per heavy atom. The van der Waals surface area contributed by atoms with Crippen molar-refractivity contribution in [1.29, 1.82) is 0 Å². The summed E-state index contributed by atoms with van der Waals surface area (Å²) in [5.74, 6) is 0.695. The normalized spacial score (nSPS) is 12.2. The highest BCUT2D eigenvalue weighted by molar-refractivity contribution is 7.34. The summed E-state index contributed by atoms with van der Waals surface area (Å²) in [4.78, 5) is 12.3. The molecule has 0 saturated heterocycles. The minimum atomic E-state index is -1.90. The summed E-state index contributed by atoms with van der Waals surface area (Å²) in [7, 11) is -1.90. The molecule has 0 aliphatic carbocycles. The average molecular weight is 353 g/mol. The summed E-state index contributed by atoms with van der Waals surface area (Å²) in [6.45, 7) is 2.07. The number of carbonyl (C=O) groups excluding carboxylic acids is 1. The van der Waals surface area contributed by atoms with Gasteiger partial charge in [-0.1, -0.05) is 43.7 Å². The fourth-order valence-corrected chi connectivity index (χ4v) is 4.05. The molecule has 0 bridgehead atoms. The standard InChI is InChI=1S/C17H18Cl2O2Si/c1-2-6-16(22(18)19)21-15-11-9-14(10-12-15)17(20)13-7-4-3-5-8-13/h3-5,7-12,16,22H,2,6H2,1H3. The van der Waals surface area contributed by atoms with Gasteiger partial charge in [0, 0.05) is 11.1 Å². The predicted molar refractivity (Wildman–Crippen MR) is 94.5 cm³/mol. The molecule has 0 heterocycles. The Morgan fingerprint density at radius 3 is 2.18 bits per heavy atom. The van der Waals surface area contributed by atoms with Gasteiger partial charge in [0.25, 0.3) is 7.42 Å². The molecule has 2 rings (SSSR count). The fraction of sp³-hybridized carbons (Fsp3) is 0.235. The van der Waals surface area contributed by atoms with E-state index in [1.807, 2.05) is 18.2 Å². The van der Waals surface area contributed by atoms with E-state index in [0.29, 0.717) is 16.9 Å². The lowest BCUT2D eigenvalue weighted by Crippen LogP contribution is -2.27. The van der Waals surface area contributed by atoms with Crippen LogP contribution in [0.1, 0.15) is 35.7 Å². The van der Waals surface area contributed by atoms with E-state index in [4.69, 9.17) is 26.9 Å². The molecule has 0 N–H and O–H groups in total. The van der Waals surface area contributed by atoms with E-state index < -0.39 is 7.42 Å². The number of halogens is 2. The van der Waals surface area contributed by atoms with Gasteiger partial charge in [0.2, 0.25) is 0 Å². The summed E-state index contributed by atoms with van der Waals surface area (Å²) in [5.41, 5.74) is 1.20. The topological polar surface area (TPSA) is 26.3 Å². The van der Waals surface area contributed by atoms with Gasteiger partial charge in [-0.25, -0.2) is 0 Å². The first kappa shape index (κ1) is 17.1. The van der Waals surface area contributed by atoms with Gasteiger partial charge < -0.3 is 4.74 Å². The Balaban J connectivity index is 2.08. The zero-order valence-corrected chi connectivity index (χ0v) is 15.0. The van der Waals surface area contributed by atoms with Crippen molar-refractivity contribution in [3.63, 3.8) is 0 Å². The lowest BCUT2D eigenvalue weighted by Gasteiger charge is -2.18. The minimum absolute atomic E-state index is 0.000744. The summed E-state index contributed by atoms with van der Waals surface area (Å²) in [6.07, 6.45) is 1.81. The number of hydrogen-bond acceptors (Lipinski definition) is 2. The molecule has 0 amide bonds. The van der Waals surface area contributed by atoms with Crippen LogP contribution in [-0.4, -0.2) is 18.9 Å². The first-order valence-electron chi connectivity index (χ1n) is 7.26. The van der Waals surface area contributed by atoms with Crippen LogP contribution in [0.2, 0.25) is 0 Å². The number of rotatable bonds is 7. The van der Waals surface area contributed by atoms with Crippen LogP contribution >= 0.6 is 22.2 Å². The average Bonchev–Trinajstić information content (AvgIpc) is 2.55. The summed E-state index contributed by atoms with van der Waals surface area (Å²) in [6, 6.07) is 16.3. The fourth-order valence-electron chi connectivity index (χ4n) is 2.14. The van der Waals surface area contributed by atoms with Crippen LogP contribution in [0.15, 0.2) is 54.6 Å². The van der Waals surface area contributed by atoms with Gasteiger partial charge in [-0.15, -0.1) is 22.2 Å². The van der Waals surface area contributed by atoms with Crippen LogP contribution in [-0.2, 0) is 0 Å². The molecule has 0 aliphatic rings. The molecule has 0 saturated carbocycles. The molecule has 5 heteroatoms. The van der Waals surface area contributed by atoms with Gasteiger partial charge in [-0.2, -0.15) is 0 Å². The van der Waals surface area contributed by atoms with Gasteiger partial charge in [-0.3, -0.25) is 4.79 Å². The Kier molecular flexibility index (Phi) is 6.49. The van der Waals surface area contributed by atoms with Crippen molar-refractivity contribution in [3.05, 3.63) is 65.7 Å². The molecule has 2 aromatic carbocycles. The SMILES string of the molecule is CCCC(Oc1ccc(C(=O)c2ccccc2)cc1)[SiH](Cl)Cl. The lowest BCUT2D eigenvalue weighted by atomic mass is 10.0. The molecule has 0 aliphatic heterocycles. The van der Waals surface area contributed by atoms with Crippen molar-refractivity contribution in [1.82, 2.24) is 0 Å². The van der Waals surface area contributed by atoms with E-state index in [0.717, 1.165) is 12.8 Å². The summed E-state index contributed by atoms with van der Waals surface area (Å²) in [5, 5.41) is 0. The van der Waals surface area contributed by atoms with Gasteiger partial charge in [0.05, 0.1) is 0 Å². The van der Waals surface area contributed by atoms with Crippen LogP contribution in [0.3, 0.4) is 0 Å². The van der Waals surface area contributed by atoms with Crippen LogP contribution in [0, 0.1) is 0 Å². The Morgan fingerprint density at radius 2 is 1.64 bits per heavy atom. The first-order chi connectivity index (χ1) is 10.6. The molecule has 0 radical (unpaired) electrons. The first-order valence-corrected chi connectivity index (χ1v) is 11.4. The van der Waals surface area contributed by atoms with Crippen LogP contribution in [0.5, 0.6) is 5.75 Å². The van der Waals surface area contributed by atoms with Gasteiger partial charge in [-0.05, 0) is 30.7 Å². The monoisotopic (exact) mass is 352 g/mol. The number of ketones is 1. The molecule has 0 aromatic heterocycles. The second-order valence-corrected chi connectivity index (χ2v) is 9.90. The van der Waals surface area contributed by atoms with E-state index in [2.05, 4.69) is 6.92 Å². The van der Waals surface area contributed by atoms with E-state index in [-0.39, 0.29) is 11.5 Å². The molecule has 0 spiro atoms. The predicted octanol–water partition coefficient (Wildman–Crippen LogP) is 4.70. The van der Waals surface area contributed by atoms with Crippen LogP contribution in [0.25, 0.3) is 0 Å². The van der Waals surface area contributed by atoms with Crippen molar-refractivity contribution in [2.75, 3.05) is 0 Å². The van der Waals surface area contributed by atoms with E-state index in [1.165, 1.54) is 0 Å². The maximum Gasteiger partial charge on any atom is 0.277 e. The molecule has 1 atom stereocenters. The molecule has 2 nitrogen and oxygen atoms in total. The Labute approximate surface area is 142 Å². The van der Waals surface area contributed by atoms with Crippen molar-refractivity contribution in [2.45, 2.75) is 25.5 Å². The Hall–Kier alpha value is -1.29. The number of hydrogen-bond donors (Lipinski definition) is 0. The lowest BCUT2D eigenvalue weighted by molar-refractivity contribution is 0.103. The quantitative estimate of drug-likeness (QED) is 0.410. The van der Waals surface area contributed by atoms with Crippen molar-refractivity contribution < 1.29 is 9.53 Å². The third-order valence-corrected chi connectivity index (χ3v) is 6.01. The highest BCUT2D eigenvalue weighted by Crippen LogP contribution is 2.20. The molecular weight excluding hydrogens is 335 g/mol. The summed E-state index contributed by atoms with van der Waals surface area (Å²) < 4.78 is 5.84. The zero-order valence-electron chi connectivity index (χ0n) is 12.3. The van der Waals surface area contributed by atoms with Crippen LogP contribution < -0.4 is 4.74 Å². The third kappa shape index (κ3) is 4.60. The maximum absolute atomic E-state index is 12.3. The minimum Gasteiger partial charge on any atom is -0.491 e. The second-order valence-electron chi connectivity index (χ2n) is 5.00. The highest BCUT2D eigenvalue weighted by Gasteiger charge is 2.20. The highest BCUT2D eigenvalue weighted by atomic mass is 35.7. The van der Waals surface area contributed by atoms with E-state index >= 15 is 0 Å². The number of ether oxygens (including phenoxy) is 1. The maximum atomic E-state index is 12.3. The number of benzene rings is 2. The largest absolute Gasteiger partial charge is 0.491 e. The molecule has 1 unspecified atom stereocenters. The third-order valence-electron chi connectivity index (χ3n) is 3.29. The Bertz CT molecular complexity index is 600. The number of carbonyl (C=O) groups is 1. The molecule has 116 valence electrons. The van der Waals surface area contributed by atoms with Crippen molar-refractivity contribution >= 4 is 35.4 Å². The molecule has 22 heavy (non-hydrogen) atoms.